The molecule has 170 valence electrons. The summed E-state index contributed by atoms with van der Waals surface area (Å²) in [6.07, 6.45) is 2.28. The van der Waals surface area contributed by atoms with E-state index in [1.807, 2.05) is 17.5 Å². The highest BCUT2D eigenvalue weighted by atomic mass is 32.1. The fraction of sp³-hybridized carbons (Fsp3) is 0.500. The van der Waals surface area contributed by atoms with Crippen LogP contribution in [-0.4, -0.2) is 78.3 Å². The molecule has 11 heteroatoms. The number of nitrogens with one attached hydrogen (secondary N) is 1. The normalized spacial score (nSPS) is 19.4. The molecule has 0 radical (unpaired) electrons. The highest BCUT2D eigenvalue weighted by molar-refractivity contribution is 7.09. The molecule has 3 unspecified atom stereocenters. The summed E-state index contributed by atoms with van der Waals surface area (Å²) in [5.41, 5.74) is 5.47. The van der Waals surface area contributed by atoms with Gasteiger partial charge in [-0.05, 0) is 17.9 Å². The van der Waals surface area contributed by atoms with Crippen molar-refractivity contribution in [3.8, 4) is 0 Å². The van der Waals surface area contributed by atoms with Crippen molar-refractivity contribution in [2.45, 2.75) is 37.5 Å². The number of carbonyl (C=O) groups excluding carboxylic acids is 3. The molecule has 0 bridgehead atoms. The molecule has 0 aliphatic carbocycles. The molecule has 10 nitrogen and oxygen atoms in total. The predicted octanol–water partition coefficient (Wildman–Crippen LogP) is -0.0759. The Balaban J connectivity index is 2.09. The molecule has 2 heterocycles. The summed E-state index contributed by atoms with van der Waals surface area (Å²) in [5.74, 6) is -2.92. The molecular formula is C20H27N3O7S. The Bertz CT molecular complexity index is 784. The van der Waals surface area contributed by atoms with E-state index in [-0.39, 0.29) is 25.5 Å². The lowest BCUT2D eigenvalue weighted by Gasteiger charge is -2.38. The van der Waals surface area contributed by atoms with Crippen LogP contribution in [0.5, 0.6) is 0 Å². The topological polar surface area (TPSA) is 148 Å². The second kappa shape index (κ2) is 12.2. The fourth-order valence-corrected chi connectivity index (χ4v) is 4.02. The number of amides is 3. The van der Waals surface area contributed by atoms with Crippen LogP contribution < -0.4 is 11.1 Å². The average molecular weight is 454 g/mol. The third-order valence-corrected chi connectivity index (χ3v) is 5.62. The van der Waals surface area contributed by atoms with E-state index >= 15 is 0 Å². The van der Waals surface area contributed by atoms with Crippen LogP contribution in [0.2, 0.25) is 0 Å². The van der Waals surface area contributed by atoms with Gasteiger partial charge in [-0.3, -0.25) is 14.4 Å². The van der Waals surface area contributed by atoms with Gasteiger partial charge >= 0.3 is 5.97 Å². The van der Waals surface area contributed by atoms with Crippen LogP contribution >= 0.6 is 11.3 Å². The number of nitrogens with zero attached hydrogens (tertiary/aromatic N) is 1. The molecule has 3 amide bonds. The molecule has 1 aromatic rings. The minimum absolute atomic E-state index is 0.217. The van der Waals surface area contributed by atoms with Gasteiger partial charge in [0.25, 0.3) is 0 Å². The number of carboxylic acid groups (broad SMARTS) is 1. The zero-order valence-electron chi connectivity index (χ0n) is 17.0. The SMILES string of the molecule is C=CCOC1CCN(C(=O)COCC(=O)O)C(C(=O)NC(Cc2cccs2)C(N)=O)C1. The molecule has 2 rings (SSSR count). The van der Waals surface area contributed by atoms with Crippen LogP contribution in [0.15, 0.2) is 30.2 Å². The molecule has 4 N–H and O–H groups in total. The van der Waals surface area contributed by atoms with Crippen LogP contribution in [0.3, 0.4) is 0 Å². The third kappa shape index (κ3) is 7.78. The standard InChI is InChI=1S/C20H27N3O7S/c1-2-7-30-13-5-6-23(17(24)11-29-12-18(25)26)16(9-13)20(28)22-15(19(21)27)10-14-4-3-8-31-14/h2-4,8,13,15-16H,1,5-7,9-12H2,(H2,21,27)(H,22,28)(H,25,26). The van der Waals surface area contributed by atoms with Crippen molar-refractivity contribution in [1.29, 1.82) is 0 Å². The first-order valence-electron chi connectivity index (χ1n) is 9.75. The Labute approximate surface area is 184 Å². The summed E-state index contributed by atoms with van der Waals surface area (Å²) in [5, 5.41) is 13.2. The van der Waals surface area contributed by atoms with Crippen molar-refractivity contribution in [3.63, 3.8) is 0 Å². The smallest absolute Gasteiger partial charge is 0.329 e. The number of primary amides is 1. The zero-order chi connectivity index (χ0) is 22.8. The summed E-state index contributed by atoms with van der Waals surface area (Å²) in [6, 6.07) is 1.83. The summed E-state index contributed by atoms with van der Waals surface area (Å²) in [7, 11) is 0. The van der Waals surface area contributed by atoms with E-state index in [1.54, 1.807) is 6.08 Å². The molecule has 1 fully saturated rings. The van der Waals surface area contributed by atoms with Crippen molar-refractivity contribution < 1.29 is 33.8 Å². The van der Waals surface area contributed by atoms with Crippen molar-refractivity contribution in [1.82, 2.24) is 10.2 Å². The Morgan fingerprint density at radius 3 is 2.77 bits per heavy atom. The van der Waals surface area contributed by atoms with Gasteiger partial charge in [0, 0.05) is 24.3 Å². The number of piperidine rings is 1. The molecule has 0 spiro atoms. The average Bonchev–Trinajstić information content (AvgIpc) is 3.24. The largest absolute Gasteiger partial charge is 0.480 e. The number of rotatable bonds is 12. The third-order valence-electron chi connectivity index (χ3n) is 4.72. The van der Waals surface area contributed by atoms with E-state index in [9.17, 15) is 19.2 Å². The van der Waals surface area contributed by atoms with Crippen molar-refractivity contribution in [3.05, 3.63) is 35.0 Å². The molecule has 0 aromatic carbocycles. The predicted molar refractivity (Wildman–Crippen MR) is 112 cm³/mol. The van der Waals surface area contributed by atoms with E-state index in [4.69, 9.17) is 20.3 Å². The Hall–Kier alpha value is -2.76. The van der Waals surface area contributed by atoms with Crippen molar-refractivity contribution in [2.24, 2.45) is 5.73 Å². The zero-order valence-corrected chi connectivity index (χ0v) is 17.8. The number of aliphatic carboxylic acids is 1. The Kier molecular flexibility index (Phi) is 9.63. The maximum absolute atomic E-state index is 13.0. The van der Waals surface area contributed by atoms with Crippen LogP contribution in [0.25, 0.3) is 0 Å². The van der Waals surface area contributed by atoms with E-state index in [2.05, 4.69) is 11.9 Å². The maximum atomic E-state index is 13.0. The van der Waals surface area contributed by atoms with Crippen molar-refractivity contribution in [2.75, 3.05) is 26.4 Å². The first kappa shape index (κ1) is 24.5. The first-order valence-corrected chi connectivity index (χ1v) is 10.6. The molecule has 31 heavy (non-hydrogen) atoms. The molecule has 1 aliphatic rings. The van der Waals surface area contributed by atoms with Crippen LogP contribution in [0.4, 0.5) is 0 Å². The number of hydrogen-bond donors (Lipinski definition) is 3. The fourth-order valence-electron chi connectivity index (χ4n) is 3.26. The minimum atomic E-state index is -1.20. The highest BCUT2D eigenvalue weighted by Gasteiger charge is 2.37. The van der Waals surface area contributed by atoms with E-state index in [0.717, 1.165) is 4.88 Å². The molecule has 0 saturated carbocycles. The summed E-state index contributed by atoms with van der Waals surface area (Å²) in [6.45, 7) is 3.04. The van der Waals surface area contributed by atoms with Crippen LogP contribution in [0, 0.1) is 0 Å². The molecular weight excluding hydrogens is 426 g/mol. The van der Waals surface area contributed by atoms with Gasteiger partial charge in [-0.25, -0.2) is 4.79 Å². The summed E-state index contributed by atoms with van der Waals surface area (Å²) < 4.78 is 10.5. The second-order valence-corrected chi connectivity index (χ2v) is 8.04. The monoisotopic (exact) mass is 453 g/mol. The number of thiophene rings is 1. The van der Waals surface area contributed by atoms with Gasteiger partial charge in [-0.1, -0.05) is 12.1 Å². The highest BCUT2D eigenvalue weighted by Crippen LogP contribution is 2.21. The number of likely N-dealkylation sites (tertiary alicyclic amines) is 1. The van der Waals surface area contributed by atoms with Crippen LogP contribution in [-0.2, 0) is 35.1 Å². The molecule has 1 aliphatic heterocycles. The second-order valence-electron chi connectivity index (χ2n) is 7.00. The first-order chi connectivity index (χ1) is 14.8. The Morgan fingerprint density at radius 2 is 2.16 bits per heavy atom. The number of carboxylic acids is 1. The van der Waals surface area contributed by atoms with E-state index in [0.29, 0.717) is 13.0 Å². The van der Waals surface area contributed by atoms with Gasteiger partial charge < -0.3 is 30.5 Å². The van der Waals surface area contributed by atoms with E-state index < -0.39 is 49.0 Å². The van der Waals surface area contributed by atoms with Gasteiger partial charge in [-0.2, -0.15) is 0 Å². The van der Waals surface area contributed by atoms with Gasteiger partial charge in [0.2, 0.25) is 17.7 Å². The van der Waals surface area contributed by atoms with Gasteiger partial charge in [0.1, 0.15) is 25.3 Å². The van der Waals surface area contributed by atoms with Gasteiger partial charge in [0.15, 0.2) is 0 Å². The Morgan fingerprint density at radius 1 is 1.39 bits per heavy atom. The summed E-state index contributed by atoms with van der Waals surface area (Å²) >= 11 is 1.44. The number of carbonyl (C=O) groups is 4. The van der Waals surface area contributed by atoms with Gasteiger partial charge in [0.05, 0.1) is 12.7 Å². The lowest BCUT2D eigenvalue weighted by Crippen LogP contribution is -2.58. The lowest BCUT2D eigenvalue weighted by molar-refractivity contribution is -0.152. The minimum Gasteiger partial charge on any atom is -0.480 e. The number of nitrogens with two attached hydrogens (primary N) is 1. The maximum Gasteiger partial charge on any atom is 0.329 e. The number of ether oxygens (including phenoxy) is 2. The van der Waals surface area contributed by atoms with Crippen LogP contribution in [0.1, 0.15) is 17.7 Å². The van der Waals surface area contributed by atoms with Crippen molar-refractivity contribution >= 4 is 35.0 Å². The van der Waals surface area contributed by atoms with E-state index in [1.165, 1.54) is 16.2 Å². The molecule has 1 aromatic heterocycles. The molecule has 3 atom stereocenters. The quantitative estimate of drug-likeness (QED) is 0.375. The lowest BCUT2D eigenvalue weighted by atomic mass is 9.97. The van der Waals surface area contributed by atoms with Gasteiger partial charge in [-0.15, -0.1) is 17.9 Å². The number of hydrogen-bond acceptors (Lipinski definition) is 7. The summed E-state index contributed by atoms with van der Waals surface area (Å²) in [4.78, 5) is 50.3. The molecule has 1 saturated heterocycles.